The molecule has 1 N–H and O–H groups in total. The number of rotatable bonds is 6. The second kappa shape index (κ2) is 9.29. The van der Waals surface area contributed by atoms with Gasteiger partial charge in [0.2, 0.25) is 0 Å². The number of amides is 1. The number of benzene rings is 3. The summed E-state index contributed by atoms with van der Waals surface area (Å²) in [6, 6.07) is 20.0. The van der Waals surface area contributed by atoms with Gasteiger partial charge >= 0.3 is 0 Å². The maximum absolute atomic E-state index is 13.2. The zero-order chi connectivity index (χ0) is 20.6. The smallest absolute Gasteiger partial charge is 0.266 e. The third kappa shape index (κ3) is 5.75. The largest absolute Gasteiger partial charge is 0.489 e. The van der Waals surface area contributed by atoms with Crippen molar-refractivity contribution >= 4 is 17.7 Å². The Morgan fingerprint density at radius 2 is 1.76 bits per heavy atom. The SMILES string of the molecule is N#C/C(=C/c1cccc(OCc2cccc(F)c2)c1)C(=O)Nc1ccc(F)cc1. The number of nitrogens with one attached hydrogen (secondary N) is 1. The lowest BCUT2D eigenvalue weighted by Crippen LogP contribution is -2.13. The standard InChI is InChI=1S/C23H16F2N2O2/c24-19-7-9-21(10-8-19)27-23(28)18(14-26)11-16-3-2-6-22(13-16)29-15-17-4-1-5-20(25)12-17/h1-13H,15H2,(H,27,28)/b18-11-. The van der Waals surface area contributed by atoms with Crippen molar-refractivity contribution in [2.24, 2.45) is 0 Å². The highest BCUT2D eigenvalue weighted by Gasteiger charge is 2.10. The molecule has 0 spiro atoms. The Morgan fingerprint density at radius 3 is 2.48 bits per heavy atom. The van der Waals surface area contributed by atoms with E-state index >= 15 is 0 Å². The predicted octanol–water partition coefficient (Wildman–Crippen LogP) is 5.09. The van der Waals surface area contributed by atoms with Gasteiger partial charge in [0.1, 0.15) is 35.6 Å². The maximum Gasteiger partial charge on any atom is 0.266 e. The summed E-state index contributed by atoms with van der Waals surface area (Å²) < 4.78 is 31.9. The predicted molar refractivity (Wildman–Crippen MR) is 106 cm³/mol. The molecule has 3 aromatic rings. The molecule has 3 aromatic carbocycles. The van der Waals surface area contributed by atoms with Gasteiger partial charge in [-0.3, -0.25) is 4.79 Å². The number of carbonyl (C=O) groups is 1. The average molecular weight is 390 g/mol. The van der Waals surface area contributed by atoms with Gasteiger partial charge in [-0.2, -0.15) is 5.26 Å². The summed E-state index contributed by atoms with van der Waals surface area (Å²) in [4.78, 5) is 12.3. The van der Waals surface area contributed by atoms with Crippen LogP contribution in [0.5, 0.6) is 5.75 Å². The molecular formula is C23H16F2N2O2. The Morgan fingerprint density at radius 1 is 1.00 bits per heavy atom. The molecule has 0 radical (unpaired) electrons. The number of nitrogens with zero attached hydrogens (tertiary/aromatic N) is 1. The van der Waals surface area contributed by atoms with Gasteiger partial charge in [-0.05, 0) is 65.7 Å². The van der Waals surface area contributed by atoms with Crippen LogP contribution in [-0.2, 0) is 11.4 Å². The van der Waals surface area contributed by atoms with Gasteiger partial charge in [0.15, 0.2) is 0 Å². The van der Waals surface area contributed by atoms with Crippen molar-refractivity contribution in [1.82, 2.24) is 0 Å². The van der Waals surface area contributed by atoms with Gasteiger partial charge in [0.25, 0.3) is 5.91 Å². The normalized spacial score (nSPS) is 10.9. The van der Waals surface area contributed by atoms with Crippen molar-refractivity contribution < 1.29 is 18.3 Å². The summed E-state index contributed by atoms with van der Waals surface area (Å²) >= 11 is 0. The van der Waals surface area contributed by atoms with Crippen LogP contribution in [0.15, 0.2) is 78.4 Å². The van der Waals surface area contributed by atoms with E-state index < -0.39 is 11.7 Å². The lowest BCUT2D eigenvalue weighted by molar-refractivity contribution is -0.112. The Labute approximate surface area is 166 Å². The van der Waals surface area contributed by atoms with Crippen molar-refractivity contribution in [2.45, 2.75) is 6.61 Å². The van der Waals surface area contributed by atoms with Gasteiger partial charge in [-0.1, -0.05) is 24.3 Å². The first kappa shape index (κ1) is 19.8. The van der Waals surface area contributed by atoms with E-state index in [0.29, 0.717) is 22.6 Å². The van der Waals surface area contributed by atoms with E-state index in [-0.39, 0.29) is 18.0 Å². The van der Waals surface area contributed by atoms with E-state index in [2.05, 4.69) is 5.32 Å². The first-order valence-electron chi connectivity index (χ1n) is 8.69. The third-order valence-electron chi connectivity index (χ3n) is 3.93. The first-order chi connectivity index (χ1) is 14.0. The molecular weight excluding hydrogens is 374 g/mol. The minimum atomic E-state index is -0.606. The topological polar surface area (TPSA) is 62.1 Å². The van der Waals surface area contributed by atoms with Gasteiger partial charge < -0.3 is 10.1 Å². The molecule has 0 heterocycles. The summed E-state index contributed by atoms with van der Waals surface area (Å²) in [5, 5.41) is 11.9. The Bertz CT molecular complexity index is 1090. The number of halogens is 2. The van der Waals surface area contributed by atoms with Crippen LogP contribution in [0, 0.1) is 23.0 Å². The number of ether oxygens (including phenoxy) is 1. The minimum absolute atomic E-state index is 0.114. The third-order valence-corrected chi connectivity index (χ3v) is 3.93. The second-order valence-electron chi connectivity index (χ2n) is 6.12. The Kier molecular flexibility index (Phi) is 6.33. The van der Waals surface area contributed by atoms with Gasteiger partial charge in [-0.25, -0.2) is 8.78 Å². The molecule has 1 amide bonds. The molecule has 3 rings (SSSR count). The summed E-state index contributed by atoms with van der Waals surface area (Å²) in [6.07, 6.45) is 1.42. The van der Waals surface area contributed by atoms with Crippen LogP contribution in [0.2, 0.25) is 0 Å². The maximum atomic E-state index is 13.2. The van der Waals surface area contributed by atoms with Crippen LogP contribution in [0.3, 0.4) is 0 Å². The highest BCUT2D eigenvalue weighted by atomic mass is 19.1. The number of hydrogen-bond acceptors (Lipinski definition) is 3. The molecule has 0 saturated heterocycles. The van der Waals surface area contributed by atoms with Crippen molar-refractivity contribution in [3.05, 3.63) is 101 Å². The highest BCUT2D eigenvalue weighted by Crippen LogP contribution is 2.18. The molecule has 0 aliphatic heterocycles. The van der Waals surface area contributed by atoms with Crippen LogP contribution < -0.4 is 10.1 Å². The molecule has 0 aliphatic rings. The zero-order valence-electron chi connectivity index (χ0n) is 15.2. The highest BCUT2D eigenvalue weighted by molar-refractivity contribution is 6.09. The molecule has 0 bridgehead atoms. The van der Waals surface area contributed by atoms with Crippen LogP contribution in [0.4, 0.5) is 14.5 Å². The molecule has 0 fully saturated rings. The van der Waals surface area contributed by atoms with Crippen LogP contribution in [0.1, 0.15) is 11.1 Å². The second-order valence-corrected chi connectivity index (χ2v) is 6.12. The van der Waals surface area contributed by atoms with Crippen LogP contribution >= 0.6 is 0 Å². The van der Waals surface area contributed by atoms with E-state index in [1.54, 1.807) is 36.4 Å². The fraction of sp³-hybridized carbons (Fsp3) is 0.0435. The molecule has 0 aromatic heterocycles. The lowest BCUT2D eigenvalue weighted by atomic mass is 10.1. The van der Waals surface area contributed by atoms with E-state index in [9.17, 15) is 18.8 Å². The first-order valence-corrected chi connectivity index (χ1v) is 8.69. The molecule has 0 saturated carbocycles. The molecule has 29 heavy (non-hydrogen) atoms. The molecule has 0 aliphatic carbocycles. The molecule has 0 atom stereocenters. The molecule has 144 valence electrons. The van der Waals surface area contributed by atoms with E-state index in [0.717, 1.165) is 0 Å². The summed E-state index contributed by atoms with van der Waals surface area (Å²) in [7, 11) is 0. The van der Waals surface area contributed by atoms with Crippen molar-refractivity contribution in [3.8, 4) is 11.8 Å². The molecule has 0 unspecified atom stereocenters. The van der Waals surface area contributed by atoms with Gasteiger partial charge in [0, 0.05) is 5.69 Å². The van der Waals surface area contributed by atoms with E-state index in [1.165, 1.54) is 42.5 Å². The fourth-order valence-corrected chi connectivity index (χ4v) is 2.53. The Balaban J connectivity index is 1.70. The van der Waals surface area contributed by atoms with Crippen molar-refractivity contribution in [2.75, 3.05) is 5.32 Å². The van der Waals surface area contributed by atoms with Crippen molar-refractivity contribution in [3.63, 3.8) is 0 Å². The number of nitriles is 1. The van der Waals surface area contributed by atoms with Gasteiger partial charge in [-0.15, -0.1) is 0 Å². The quantitative estimate of drug-likeness (QED) is 0.471. The Hall–Kier alpha value is -3.98. The van der Waals surface area contributed by atoms with Crippen LogP contribution in [0.25, 0.3) is 6.08 Å². The fourth-order valence-electron chi connectivity index (χ4n) is 2.53. The van der Waals surface area contributed by atoms with E-state index in [1.807, 2.05) is 6.07 Å². The summed E-state index contributed by atoms with van der Waals surface area (Å²) in [6.45, 7) is 0.182. The average Bonchev–Trinajstić information content (AvgIpc) is 2.72. The van der Waals surface area contributed by atoms with Crippen LogP contribution in [-0.4, -0.2) is 5.91 Å². The minimum Gasteiger partial charge on any atom is -0.489 e. The van der Waals surface area contributed by atoms with Crippen molar-refractivity contribution in [1.29, 1.82) is 5.26 Å². The number of carbonyl (C=O) groups excluding carboxylic acids is 1. The van der Waals surface area contributed by atoms with E-state index in [4.69, 9.17) is 4.74 Å². The molecule has 6 heteroatoms. The summed E-state index contributed by atoms with van der Waals surface area (Å²) in [5.41, 5.74) is 1.54. The monoisotopic (exact) mass is 390 g/mol. The number of anilines is 1. The number of hydrogen-bond donors (Lipinski definition) is 1. The lowest BCUT2D eigenvalue weighted by Gasteiger charge is -2.08. The summed E-state index contributed by atoms with van der Waals surface area (Å²) in [5.74, 6) is -0.854. The molecule has 4 nitrogen and oxygen atoms in total. The van der Waals surface area contributed by atoms with Gasteiger partial charge in [0.05, 0.1) is 0 Å². The zero-order valence-corrected chi connectivity index (χ0v) is 15.2.